The monoisotopic (exact) mass is 442 g/mol. The third kappa shape index (κ3) is 4.93. The second kappa shape index (κ2) is 8.29. The summed E-state index contributed by atoms with van der Waals surface area (Å²) in [4.78, 5) is 27.0. The van der Waals surface area contributed by atoms with Crippen molar-refractivity contribution in [3.63, 3.8) is 0 Å². The highest BCUT2D eigenvalue weighted by Crippen LogP contribution is 2.23. The van der Waals surface area contributed by atoms with Gasteiger partial charge in [-0.25, -0.2) is 19.2 Å². The number of amides is 1. The zero-order valence-corrected chi connectivity index (χ0v) is 15.1. The molecule has 8 nitrogen and oxygen atoms in total. The van der Waals surface area contributed by atoms with Gasteiger partial charge < -0.3 is 9.47 Å². The molecule has 0 fully saturated rings. The molecule has 0 aromatic carbocycles. The molecular formula is C10H12Br2N4O4S. The van der Waals surface area contributed by atoms with Gasteiger partial charge in [0.05, 0.1) is 13.2 Å². The molecule has 0 saturated carbocycles. The van der Waals surface area contributed by atoms with Crippen LogP contribution in [0.25, 0.3) is 0 Å². The number of alkyl carbamates (subject to hydrolysis) is 1. The standard InChI is InChI=1S/C10H12Br2N4O4S/c1-3-19-8(17)7-13-5(11)6(12)16(7)15-9(21)14-10(18)20-4-2/h3-4H2,1-2H3,(H2,14,15,18,21). The Morgan fingerprint density at radius 3 is 2.48 bits per heavy atom. The normalized spacial score (nSPS) is 9.90. The maximum absolute atomic E-state index is 11.8. The van der Waals surface area contributed by atoms with E-state index in [2.05, 4.69) is 52.3 Å². The molecule has 2 N–H and O–H groups in total. The predicted octanol–water partition coefficient (Wildman–Crippen LogP) is 2.16. The van der Waals surface area contributed by atoms with Gasteiger partial charge in [0.25, 0.3) is 0 Å². The number of thiocarbonyl (C=S) groups is 1. The topological polar surface area (TPSA) is 94.5 Å². The molecule has 0 aliphatic carbocycles. The number of ether oxygens (including phenoxy) is 2. The van der Waals surface area contributed by atoms with Gasteiger partial charge in [-0.1, -0.05) is 0 Å². The fraction of sp³-hybridized carbons (Fsp3) is 0.400. The van der Waals surface area contributed by atoms with Gasteiger partial charge in [0.15, 0.2) is 5.11 Å². The van der Waals surface area contributed by atoms with Crippen molar-refractivity contribution >= 4 is 61.3 Å². The van der Waals surface area contributed by atoms with Crippen LogP contribution >= 0.6 is 44.1 Å². The van der Waals surface area contributed by atoms with E-state index >= 15 is 0 Å². The summed E-state index contributed by atoms with van der Waals surface area (Å²) in [5.41, 5.74) is 2.62. The third-order valence-electron chi connectivity index (χ3n) is 1.94. The lowest BCUT2D eigenvalue weighted by atomic mass is 10.6. The van der Waals surface area contributed by atoms with E-state index < -0.39 is 12.1 Å². The zero-order chi connectivity index (χ0) is 16.0. The van der Waals surface area contributed by atoms with Gasteiger partial charge in [-0.15, -0.1) is 0 Å². The van der Waals surface area contributed by atoms with Crippen molar-refractivity contribution < 1.29 is 19.1 Å². The minimum Gasteiger partial charge on any atom is -0.460 e. The molecule has 116 valence electrons. The van der Waals surface area contributed by atoms with Crippen LogP contribution in [0.5, 0.6) is 0 Å². The lowest BCUT2D eigenvalue weighted by molar-refractivity contribution is 0.0508. The number of hydrogen-bond donors (Lipinski definition) is 2. The summed E-state index contributed by atoms with van der Waals surface area (Å²) >= 11 is 11.3. The number of halogens is 2. The third-order valence-corrected chi connectivity index (χ3v) is 3.95. The van der Waals surface area contributed by atoms with Gasteiger partial charge in [-0.3, -0.25) is 10.7 Å². The summed E-state index contributed by atoms with van der Waals surface area (Å²) in [5.74, 6) is -0.682. The van der Waals surface area contributed by atoms with E-state index in [0.717, 1.165) is 0 Å². The molecule has 1 aromatic heterocycles. The van der Waals surface area contributed by atoms with Crippen LogP contribution in [0.15, 0.2) is 9.21 Å². The highest BCUT2D eigenvalue weighted by atomic mass is 79.9. The summed E-state index contributed by atoms with van der Waals surface area (Å²) in [7, 11) is 0. The van der Waals surface area contributed by atoms with Gasteiger partial charge in [-0.05, 0) is 57.9 Å². The Labute approximate surface area is 142 Å². The number of nitrogens with one attached hydrogen (secondary N) is 2. The molecule has 21 heavy (non-hydrogen) atoms. The van der Waals surface area contributed by atoms with Crippen LogP contribution in [0, 0.1) is 0 Å². The highest BCUT2D eigenvalue weighted by molar-refractivity contribution is 9.13. The van der Waals surface area contributed by atoms with E-state index in [1.54, 1.807) is 13.8 Å². The van der Waals surface area contributed by atoms with E-state index in [1.165, 1.54) is 4.68 Å². The van der Waals surface area contributed by atoms with E-state index in [1.807, 2.05) is 0 Å². The largest absolute Gasteiger partial charge is 0.460 e. The van der Waals surface area contributed by atoms with Crippen LogP contribution < -0.4 is 10.7 Å². The van der Waals surface area contributed by atoms with Crippen molar-refractivity contribution in [1.29, 1.82) is 0 Å². The Balaban J connectivity index is 2.89. The van der Waals surface area contributed by atoms with Gasteiger partial charge in [0.2, 0.25) is 5.82 Å². The molecular weight excluding hydrogens is 432 g/mol. The molecule has 1 heterocycles. The number of rotatable bonds is 4. The van der Waals surface area contributed by atoms with Crippen LogP contribution in [0.1, 0.15) is 24.5 Å². The van der Waals surface area contributed by atoms with Crippen LogP contribution in [0.3, 0.4) is 0 Å². The fourth-order valence-corrected chi connectivity index (χ4v) is 2.06. The number of carbonyl (C=O) groups is 2. The van der Waals surface area contributed by atoms with Gasteiger partial charge in [0.1, 0.15) is 9.21 Å². The SMILES string of the molecule is CCOC(=O)NC(=S)Nn1c(C(=O)OCC)nc(Br)c1Br. The first-order valence-corrected chi connectivity index (χ1v) is 7.75. The number of nitrogens with zero attached hydrogens (tertiary/aromatic N) is 2. The maximum Gasteiger partial charge on any atom is 0.413 e. The number of hydrogen-bond acceptors (Lipinski definition) is 6. The molecule has 11 heteroatoms. The summed E-state index contributed by atoms with van der Waals surface area (Å²) in [6, 6.07) is 0. The molecule has 0 atom stereocenters. The first-order chi connectivity index (χ1) is 9.90. The Hall–Kier alpha value is -1.20. The highest BCUT2D eigenvalue weighted by Gasteiger charge is 2.22. The minimum atomic E-state index is -0.706. The molecule has 1 aromatic rings. The number of carbonyl (C=O) groups excluding carboxylic acids is 2. The van der Waals surface area contributed by atoms with Gasteiger partial charge in [0, 0.05) is 0 Å². The minimum absolute atomic E-state index is 0.0383. The van der Waals surface area contributed by atoms with Crippen LogP contribution in [0.2, 0.25) is 0 Å². The predicted molar refractivity (Wildman–Crippen MR) is 85.7 cm³/mol. The molecule has 0 aliphatic heterocycles. The molecule has 0 spiro atoms. The van der Waals surface area contributed by atoms with Crippen LogP contribution in [-0.4, -0.2) is 40.0 Å². The van der Waals surface area contributed by atoms with Gasteiger partial charge in [-0.2, -0.15) is 0 Å². The van der Waals surface area contributed by atoms with Crippen molar-refractivity contribution in [3.05, 3.63) is 15.0 Å². The summed E-state index contributed by atoms with van der Waals surface area (Å²) in [6.45, 7) is 3.75. The lowest BCUT2D eigenvalue weighted by Gasteiger charge is -2.12. The van der Waals surface area contributed by atoms with Crippen molar-refractivity contribution in [2.24, 2.45) is 0 Å². The number of esters is 1. The van der Waals surface area contributed by atoms with Crippen molar-refractivity contribution in [3.8, 4) is 0 Å². The fourth-order valence-electron chi connectivity index (χ4n) is 1.20. The van der Waals surface area contributed by atoms with E-state index in [0.29, 0.717) is 9.21 Å². The van der Waals surface area contributed by atoms with Crippen molar-refractivity contribution in [2.45, 2.75) is 13.8 Å². The second-order valence-corrected chi connectivity index (χ2v) is 5.27. The second-order valence-electron chi connectivity index (χ2n) is 3.36. The molecule has 1 rings (SSSR count). The van der Waals surface area contributed by atoms with Crippen LogP contribution in [-0.2, 0) is 9.47 Å². The molecule has 1 amide bonds. The quantitative estimate of drug-likeness (QED) is 0.543. The molecule has 0 unspecified atom stereocenters. The summed E-state index contributed by atoms with van der Waals surface area (Å²) in [5, 5.41) is 2.22. The average Bonchev–Trinajstić information content (AvgIpc) is 2.67. The Bertz CT molecular complexity index is 563. The van der Waals surface area contributed by atoms with E-state index in [4.69, 9.17) is 17.0 Å². The van der Waals surface area contributed by atoms with Crippen molar-refractivity contribution in [1.82, 2.24) is 15.0 Å². The molecule has 0 radical (unpaired) electrons. The lowest BCUT2D eigenvalue weighted by Crippen LogP contribution is -2.39. The summed E-state index contributed by atoms with van der Waals surface area (Å²) in [6.07, 6.45) is -0.706. The van der Waals surface area contributed by atoms with Crippen molar-refractivity contribution in [2.75, 3.05) is 18.6 Å². The first-order valence-electron chi connectivity index (χ1n) is 5.76. The zero-order valence-electron chi connectivity index (χ0n) is 11.1. The molecule has 0 saturated heterocycles. The Morgan fingerprint density at radius 2 is 1.90 bits per heavy atom. The van der Waals surface area contributed by atoms with Crippen LogP contribution in [0.4, 0.5) is 4.79 Å². The first kappa shape index (κ1) is 17.9. The van der Waals surface area contributed by atoms with E-state index in [9.17, 15) is 9.59 Å². The molecule has 0 bridgehead atoms. The molecule has 0 aliphatic rings. The average molecular weight is 444 g/mol. The number of aromatic nitrogens is 2. The Morgan fingerprint density at radius 1 is 1.29 bits per heavy atom. The smallest absolute Gasteiger partial charge is 0.413 e. The summed E-state index contributed by atoms with van der Waals surface area (Å²) < 4.78 is 11.6. The van der Waals surface area contributed by atoms with E-state index in [-0.39, 0.29) is 24.2 Å². The number of imidazole rings is 1. The van der Waals surface area contributed by atoms with Gasteiger partial charge >= 0.3 is 12.1 Å². The Kier molecular flexibility index (Phi) is 7.05. The maximum atomic E-state index is 11.8.